The first kappa shape index (κ1) is 16.8. The summed E-state index contributed by atoms with van der Waals surface area (Å²) < 4.78 is 0. The normalized spacial score (nSPS) is 23.0. The predicted octanol–water partition coefficient (Wildman–Crippen LogP) is 4.39. The standard InChI is InChI=1S/C17H31N3S/c1-6-9-18-10-15-16(12(2)3)19-17(21-15)20-11-13(4)7-8-14(20)5/h12-14,18H,6-11H2,1-5H3. The van der Waals surface area contributed by atoms with Crippen LogP contribution in [0.15, 0.2) is 0 Å². The summed E-state index contributed by atoms with van der Waals surface area (Å²) in [5.41, 5.74) is 1.30. The fourth-order valence-corrected chi connectivity index (χ4v) is 4.28. The Morgan fingerprint density at radius 1 is 1.33 bits per heavy atom. The second-order valence-corrected chi connectivity index (χ2v) is 7.88. The second-order valence-electron chi connectivity index (χ2n) is 6.82. The molecule has 1 aliphatic rings. The van der Waals surface area contributed by atoms with Gasteiger partial charge in [-0.25, -0.2) is 4.98 Å². The lowest BCUT2D eigenvalue weighted by Gasteiger charge is -2.36. The molecule has 0 spiro atoms. The van der Waals surface area contributed by atoms with Crippen LogP contribution in [0, 0.1) is 5.92 Å². The van der Waals surface area contributed by atoms with Crippen molar-refractivity contribution in [1.82, 2.24) is 10.3 Å². The molecule has 0 bridgehead atoms. The zero-order chi connectivity index (χ0) is 15.4. The highest BCUT2D eigenvalue weighted by Gasteiger charge is 2.26. The highest BCUT2D eigenvalue weighted by molar-refractivity contribution is 7.15. The highest BCUT2D eigenvalue weighted by Crippen LogP contribution is 2.35. The van der Waals surface area contributed by atoms with Gasteiger partial charge >= 0.3 is 0 Å². The van der Waals surface area contributed by atoms with E-state index in [4.69, 9.17) is 4.98 Å². The molecule has 1 saturated heterocycles. The third-order valence-electron chi connectivity index (χ3n) is 4.34. The Bertz CT molecular complexity index is 441. The number of thiazole rings is 1. The smallest absolute Gasteiger partial charge is 0.186 e. The SMILES string of the molecule is CCCNCc1sc(N2CC(C)CCC2C)nc1C(C)C. The number of nitrogens with zero attached hydrogens (tertiary/aromatic N) is 2. The largest absolute Gasteiger partial charge is 0.345 e. The minimum atomic E-state index is 0.506. The summed E-state index contributed by atoms with van der Waals surface area (Å²) in [5, 5.41) is 4.78. The molecule has 3 nitrogen and oxygen atoms in total. The van der Waals surface area contributed by atoms with Gasteiger partial charge in [0, 0.05) is 24.0 Å². The van der Waals surface area contributed by atoms with Gasteiger partial charge in [-0.1, -0.05) is 27.7 Å². The summed E-state index contributed by atoms with van der Waals surface area (Å²) in [6, 6.07) is 0.629. The van der Waals surface area contributed by atoms with E-state index in [1.165, 1.54) is 35.0 Å². The highest BCUT2D eigenvalue weighted by atomic mass is 32.1. The van der Waals surface area contributed by atoms with Gasteiger partial charge in [-0.3, -0.25) is 0 Å². The van der Waals surface area contributed by atoms with E-state index in [1.54, 1.807) is 0 Å². The monoisotopic (exact) mass is 309 g/mol. The van der Waals surface area contributed by atoms with Crippen molar-refractivity contribution in [3.8, 4) is 0 Å². The summed E-state index contributed by atoms with van der Waals surface area (Å²) in [7, 11) is 0. The van der Waals surface area contributed by atoms with Crippen LogP contribution in [-0.4, -0.2) is 24.1 Å². The molecule has 2 unspecified atom stereocenters. The molecule has 0 aliphatic carbocycles. The summed E-state index contributed by atoms with van der Waals surface area (Å²) in [6.07, 6.45) is 3.83. The lowest BCUT2D eigenvalue weighted by molar-refractivity contribution is 0.390. The van der Waals surface area contributed by atoms with Crippen LogP contribution < -0.4 is 10.2 Å². The zero-order valence-electron chi connectivity index (χ0n) is 14.3. The topological polar surface area (TPSA) is 28.2 Å². The van der Waals surface area contributed by atoms with Crippen molar-refractivity contribution in [2.45, 2.75) is 72.4 Å². The maximum absolute atomic E-state index is 5.00. The number of aromatic nitrogens is 1. The van der Waals surface area contributed by atoms with Gasteiger partial charge in [0.15, 0.2) is 5.13 Å². The van der Waals surface area contributed by atoms with Crippen LogP contribution in [-0.2, 0) is 6.54 Å². The van der Waals surface area contributed by atoms with Gasteiger partial charge in [-0.05, 0) is 44.6 Å². The molecular formula is C17H31N3S. The first-order valence-electron chi connectivity index (χ1n) is 8.49. The van der Waals surface area contributed by atoms with Crippen LogP contribution in [0.5, 0.6) is 0 Å². The molecular weight excluding hydrogens is 278 g/mol. The van der Waals surface area contributed by atoms with Gasteiger partial charge < -0.3 is 10.2 Å². The van der Waals surface area contributed by atoms with E-state index in [0.29, 0.717) is 12.0 Å². The minimum Gasteiger partial charge on any atom is -0.345 e. The van der Waals surface area contributed by atoms with Gasteiger partial charge in [0.05, 0.1) is 5.69 Å². The molecule has 0 saturated carbocycles. The first-order valence-corrected chi connectivity index (χ1v) is 9.31. The number of nitrogens with one attached hydrogen (secondary N) is 1. The molecule has 4 heteroatoms. The Hall–Kier alpha value is -0.610. The summed E-state index contributed by atoms with van der Waals surface area (Å²) in [6.45, 7) is 14.6. The third-order valence-corrected chi connectivity index (χ3v) is 5.45. The summed E-state index contributed by atoms with van der Waals surface area (Å²) in [5.74, 6) is 1.29. The quantitative estimate of drug-likeness (QED) is 0.790. The van der Waals surface area contributed by atoms with Crippen molar-refractivity contribution < 1.29 is 0 Å². The van der Waals surface area contributed by atoms with E-state index in [-0.39, 0.29) is 0 Å². The number of hydrogen-bond acceptors (Lipinski definition) is 4. The average Bonchev–Trinajstić information content (AvgIpc) is 2.86. The van der Waals surface area contributed by atoms with Gasteiger partial charge in [0.1, 0.15) is 0 Å². The molecule has 2 heterocycles. The van der Waals surface area contributed by atoms with E-state index in [1.807, 2.05) is 11.3 Å². The van der Waals surface area contributed by atoms with Crippen molar-refractivity contribution in [3.05, 3.63) is 10.6 Å². The summed E-state index contributed by atoms with van der Waals surface area (Å²) in [4.78, 5) is 8.97. The van der Waals surface area contributed by atoms with Gasteiger partial charge in [-0.15, -0.1) is 11.3 Å². The molecule has 0 aromatic carbocycles. The molecule has 21 heavy (non-hydrogen) atoms. The summed E-state index contributed by atoms with van der Waals surface area (Å²) >= 11 is 1.90. The number of anilines is 1. The Kier molecular flexibility index (Phi) is 6.06. The molecule has 0 radical (unpaired) electrons. The average molecular weight is 310 g/mol. The lowest BCUT2D eigenvalue weighted by atomic mass is 9.96. The maximum Gasteiger partial charge on any atom is 0.186 e. The molecule has 1 aromatic rings. The molecule has 2 rings (SSSR count). The van der Waals surface area contributed by atoms with Crippen molar-refractivity contribution in [1.29, 1.82) is 0 Å². The van der Waals surface area contributed by atoms with E-state index < -0.39 is 0 Å². The van der Waals surface area contributed by atoms with Crippen molar-refractivity contribution in [2.75, 3.05) is 18.0 Å². The van der Waals surface area contributed by atoms with E-state index in [0.717, 1.165) is 25.6 Å². The molecule has 0 amide bonds. The minimum absolute atomic E-state index is 0.506. The Morgan fingerprint density at radius 2 is 2.10 bits per heavy atom. The van der Waals surface area contributed by atoms with Crippen LogP contribution in [0.3, 0.4) is 0 Å². The number of piperidine rings is 1. The van der Waals surface area contributed by atoms with Crippen molar-refractivity contribution >= 4 is 16.5 Å². The van der Waals surface area contributed by atoms with E-state index in [2.05, 4.69) is 44.8 Å². The molecule has 2 atom stereocenters. The number of hydrogen-bond donors (Lipinski definition) is 1. The zero-order valence-corrected chi connectivity index (χ0v) is 15.1. The Morgan fingerprint density at radius 3 is 2.76 bits per heavy atom. The lowest BCUT2D eigenvalue weighted by Crippen LogP contribution is -2.41. The second kappa shape index (κ2) is 7.59. The maximum atomic E-state index is 5.00. The van der Waals surface area contributed by atoms with Crippen LogP contribution in [0.1, 0.15) is 70.4 Å². The fraction of sp³-hybridized carbons (Fsp3) is 0.824. The van der Waals surface area contributed by atoms with Gasteiger partial charge in [0.25, 0.3) is 0 Å². The third kappa shape index (κ3) is 4.19. The molecule has 120 valence electrons. The van der Waals surface area contributed by atoms with Crippen molar-refractivity contribution in [2.24, 2.45) is 5.92 Å². The van der Waals surface area contributed by atoms with Gasteiger partial charge in [0.2, 0.25) is 0 Å². The first-order chi connectivity index (χ1) is 10.0. The van der Waals surface area contributed by atoms with E-state index in [9.17, 15) is 0 Å². The van der Waals surface area contributed by atoms with Crippen LogP contribution in [0.4, 0.5) is 5.13 Å². The van der Waals surface area contributed by atoms with Crippen LogP contribution >= 0.6 is 11.3 Å². The number of rotatable bonds is 6. The Labute approximate surface area is 134 Å². The van der Waals surface area contributed by atoms with Gasteiger partial charge in [-0.2, -0.15) is 0 Å². The molecule has 1 aliphatic heterocycles. The molecule has 1 aromatic heterocycles. The van der Waals surface area contributed by atoms with Crippen LogP contribution in [0.25, 0.3) is 0 Å². The van der Waals surface area contributed by atoms with Crippen molar-refractivity contribution in [3.63, 3.8) is 0 Å². The van der Waals surface area contributed by atoms with Crippen LogP contribution in [0.2, 0.25) is 0 Å². The molecule has 1 N–H and O–H groups in total. The Balaban J connectivity index is 2.17. The van der Waals surface area contributed by atoms with E-state index >= 15 is 0 Å². The molecule has 1 fully saturated rings. The predicted molar refractivity (Wildman–Crippen MR) is 93.4 cm³/mol. The fourth-order valence-electron chi connectivity index (χ4n) is 2.99.